The van der Waals surface area contributed by atoms with E-state index in [0.717, 1.165) is 44.3 Å². The fourth-order valence-electron chi connectivity index (χ4n) is 1.93. The molecule has 21 heavy (non-hydrogen) atoms. The van der Waals surface area contributed by atoms with Gasteiger partial charge in [-0.15, -0.1) is 0 Å². The Morgan fingerprint density at radius 3 is 3.05 bits per heavy atom. The summed E-state index contributed by atoms with van der Waals surface area (Å²) >= 11 is 0. The van der Waals surface area contributed by atoms with Gasteiger partial charge in [0, 0.05) is 38.1 Å². The molecule has 0 bridgehead atoms. The number of hydrogen-bond donors (Lipinski definition) is 2. The zero-order chi connectivity index (χ0) is 14.9. The van der Waals surface area contributed by atoms with E-state index in [2.05, 4.69) is 22.5 Å². The molecule has 1 aromatic heterocycles. The van der Waals surface area contributed by atoms with Crippen molar-refractivity contribution in [3.63, 3.8) is 0 Å². The van der Waals surface area contributed by atoms with E-state index in [9.17, 15) is 4.79 Å². The highest BCUT2D eigenvalue weighted by Crippen LogP contribution is 2.28. The van der Waals surface area contributed by atoms with Gasteiger partial charge < -0.3 is 15.4 Å². The van der Waals surface area contributed by atoms with Gasteiger partial charge in [-0.2, -0.15) is 0 Å². The molecule has 116 valence electrons. The minimum Gasteiger partial charge on any atom is -0.381 e. The van der Waals surface area contributed by atoms with Crippen LogP contribution in [0.4, 0.5) is 5.82 Å². The van der Waals surface area contributed by atoms with Gasteiger partial charge in [-0.05, 0) is 43.7 Å². The predicted octanol–water partition coefficient (Wildman–Crippen LogP) is 2.45. The van der Waals surface area contributed by atoms with Gasteiger partial charge in [-0.25, -0.2) is 4.98 Å². The van der Waals surface area contributed by atoms with Crippen LogP contribution >= 0.6 is 0 Å². The van der Waals surface area contributed by atoms with Crippen molar-refractivity contribution < 1.29 is 9.53 Å². The van der Waals surface area contributed by atoms with Crippen molar-refractivity contribution in [2.24, 2.45) is 5.92 Å². The Morgan fingerprint density at radius 1 is 1.43 bits per heavy atom. The highest BCUT2D eigenvalue weighted by molar-refractivity contribution is 5.94. The Kier molecular flexibility index (Phi) is 6.47. The van der Waals surface area contributed by atoms with Crippen LogP contribution in [-0.2, 0) is 4.74 Å². The minimum absolute atomic E-state index is 0.0564. The van der Waals surface area contributed by atoms with Crippen LogP contribution < -0.4 is 10.6 Å². The first kappa shape index (κ1) is 15.8. The largest absolute Gasteiger partial charge is 0.381 e. The number of carbonyl (C=O) groups is 1. The number of carbonyl (C=O) groups excluding carboxylic acids is 1. The Labute approximate surface area is 126 Å². The van der Waals surface area contributed by atoms with E-state index in [1.807, 2.05) is 0 Å². The molecule has 0 radical (unpaired) electrons. The maximum absolute atomic E-state index is 12.0. The summed E-state index contributed by atoms with van der Waals surface area (Å²) in [6.07, 6.45) is 6.16. The molecule has 2 rings (SSSR count). The lowest BCUT2D eigenvalue weighted by Crippen LogP contribution is -2.25. The summed E-state index contributed by atoms with van der Waals surface area (Å²) < 4.78 is 5.54. The molecule has 5 nitrogen and oxygen atoms in total. The molecular weight excluding hydrogens is 266 g/mol. The van der Waals surface area contributed by atoms with E-state index in [1.165, 1.54) is 12.8 Å². The first-order chi connectivity index (χ1) is 10.3. The van der Waals surface area contributed by atoms with E-state index in [1.54, 1.807) is 18.3 Å². The number of pyridine rings is 1. The maximum atomic E-state index is 12.0. The molecule has 0 unspecified atom stereocenters. The zero-order valence-electron chi connectivity index (χ0n) is 12.7. The lowest BCUT2D eigenvalue weighted by molar-refractivity contribution is 0.0937. The van der Waals surface area contributed by atoms with E-state index < -0.39 is 0 Å². The van der Waals surface area contributed by atoms with Crippen molar-refractivity contribution in [3.8, 4) is 0 Å². The quantitative estimate of drug-likeness (QED) is 0.650. The smallest absolute Gasteiger partial charge is 0.251 e. The first-order valence-electron chi connectivity index (χ1n) is 7.85. The van der Waals surface area contributed by atoms with Gasteiger partial charge in [-0.3, -0.25) is 4.79 Å². The molecule has 1 fully saturated rings. The van der Waals surface area contributed by atoms with Crippen molar-refractivity contribution in [1.82, 2.24) is 10.3 Å². The average Bonchev–Trinajstić information content (AvgIpc) is 3.33. The molecule has 1 aliphatic rings. The van der Waals surface area contributed by atoms with Gasteiger partial charge in [0.05, 0.1) is 0 Å². The topological polar surface area (TPSA) is 63.2 Å². The Morgan fingerprint density at radius 2 is 2.29 bits per heavy atom. The SMILES string of the molecule is CCCNc1cc(C(=O)NCCCOCC2CC2)ccn1. The van der Waals surface area contributed by atoms with Crippen molar-refractivity contribution in [1.29, 1.82) is 0 Å². The molecule has 0 saturated heterocycles. The van der Waals surface area contributed by atoms with Gasteiger partial charge in [0.15, 0.2) is 0 Å². The van der Waals surface area contributed by atoms with Crippen LogP contribution in [0.1, 0.15) is 43.0 Å². The molecular formula is C16H25N3O2. The molecule has 0 spiro atoms. The second kappa shape index (κ2) is 8.62. The van der Waals surface area contributed by atoms with Crippen molar-refractivity contribution in [2.45, 2.75) is 32.6 Å². The zero-order valence-corrected chi connectivity index (χ0v) is 12.7. The molecule has 1 aliphatic carbocycles. The number of rotatable bonds is 10. The molecule has 0 aromatic carbocycles. The van der Waals surface area contributed by atoms with Gasteiger partial charge in [0.25, 0.3) is 5.91 Å². The monoisotopic (exact) mass is 291 g/mol. The minimum atomic E-state index is -0.0564. The second-order valence-electron chi connectivity index (χ2n) is 5.48. The van der Waals surface area contributed by atoms with Crippen LogP contribution in [0.15, 0.2) is 18.3 Å². The van der Waals surface area contributed by atoms with Gasteiger partial charge >= 0.3 is 0 Å². The predicted molar refractivity (Wildman–Crippen MR) is 83.5 cm³/mol. The van der Waals surface area contributed by atoms with E-state index in [-0.39, 0.29) is 5.91 Å². The Hall–Kier alpha value is -1.62. The van der Waals surface area contributed by atoms with Gasteiger partial charge in [-0.1, -0.05) is 6.92 Å². The number of anilines is 1. The summed E-state index contributed by atoms with van der Waals surface area (Å²) in [5.74, 6) is 1.49. The van der Waals surface area contributed by atoms with Gasteiger partial charge in [0.1, 0.15) is 5.82 Å². The van der Waals surface area contributed by atoms with Crippen LogP contribution in [0.5, 0.6) is 0 Å². The number of ether oxygens (including phenoxy) is 1. The van der Waals surface area contributed by atoms with Crippen LogP contribution in [0, 0.1) is 5.92 Å². The number of amides is 1. The van der Waals surface area contributed by atoms with Gasteiger partial charge in [0.2, 0.25) is 0 Å². The van der Waals surface area contributed by atoms with E-state index in [0.29, 0.717) is 12.1 Å². The fourth-order valence-corrected chi connectivity index (χ4v) is 1.93. The van der Waals surface area contributed by atoms with E-state index >= 15 is 0 Å². The third-order valence-electron chi connectivity index (χ3n) is 3.38. The standard InChI is InChI=1S/C16H25N3O2/c1-2-7-17-15-11-14(6-9-18-15)16(20)19-8-3-10-21-12-13-4-5-13/h6,9,11,13H,2-5,7-8,10,12H2,1H3,(H,17,18)(H,19,20). The number of aromatic nitrogens is 1. The molecule has 5 heteroatoms. The summed E-state index contributed by atoms with van der Waals surface area (Å²) in [6, 6.07) is 3.52. The number of nitrogens with zero attached hydrogens (tertiary/aromatic N) is 1. The molecule has 0 atom stereocenters. The lowest BCUT2D eigenvalue weighted by atomic mass is 10.2. The highest BCUT2D eigenvalue weighted by Gasteiger charge is 2.20. The summed E-state index contributed by atoms with van der Waals surface area (Å²) in [4.78, 5) is 16.2. The molecule has 1 saturated carbocycles. The van der Waals surface area contributed by atoms with Crippen molar-refractivity contribution >= 4 is 11.7 Å². The summed E-state index contributed by atoms with van der Waals surface area (Å²) in [6.45, 7) is 5.19. The molecule has 2 N–H and O–H groups in total. The lowest BCUT2D eigenvalue weighted by Gasteiger charge is -2.08. The van der Waals surface area contributed by atoms with Crippen LogP contribution in [0.2, 0.25) is 0 Å². The fraction of sp³-hybridized carbons (Fsp3) is 0.625. The van der Waals surface area contributed by atoms with Crippen LogP contribution in [0.25, 0.3) is 0 Å². The molecule has 1 heterocycles. The Bertz CT molecular complexity index is 447. The average molecular weight is 291 g/mol. The second-order valence-corrected chi connectivity index (χ2v) is 5.48. The van der Waals surface area contributed by atoms with E-state index in [4.69, 9.17) is 4.74 Å². The highest BCUT2D eigenvalue weighted by atomic mass is 16.5. The first-order valence-corrected chi connectivity index (χ1v) is 7.85. The molecule has 1 amide bonds. The maximum Gasteiger partial charge on any atom is 0.251 e. The van der Waals surface area contributed by atoms with Crippen LogP contribution in [0.3, 0.4) is 0 Å². The third-order valence-corrected chi connectivity index (χ3v) is 3.38. The van der Waals surface area contributed by atoms with Crippen molar-refractivity contribution in [2.75, 3.05) is 31.6 Å². The van der Waals surface area contributed by atoms with Crippen LogP contribution in [-0.4, -0.2) is 37.2 Å². The summed E-state index contributed by atoms with van der Waals surface area (Å²) in [5.41, 5.74) is 0.641. The third kappa shape index (κ3) is 6.12. The number of hydrogen-bond acceptors (Lipinski definition) is 4. The molecule has 1 aromatic rings. The molecule has 0 aliphatic heterocycles. The Balaban J connectivity index is 1.64. The summed E-state index contributed by atoms with van der Waals surface area (Å²) in [7, 11) is 0. The van der Waals surface area contributed by atoms with Crippen molar-refractivity contribution in [3.05, 3.63) is 23.9 Å². The summed E-state index contributed by atoms with van der Waals surface area (Å²) in [5, 5.41) is 6.09. The normalized spacial score (nSPS) is 14.0. The number of nitrogens with one attached hydrogen (secondary N) is 2.